The lowest BCUT2D eigenvalue weighted by Crippen LogP contribution is -2.39. The highest BCUT2D eigenvalue weighted by molar-refractivity contribution is 5.85. The van der Waals surface area contributed by atoms with Gasteiger partial charge < -0.3 is 14.8 Å². The fraction of sp³-hybridized carbons (Fsp3) is 0.280. The molecule has 0 aliphatic heterocycles. The number of nitrogens with one attached hydrogen (secondary N) is 1. The molecule has 0 bridgehead atoms. The summed E-state index contributed by atoms with van der Waals surface area (Å²) in [7, 11) is 0. The Balaban J connectivity index is 1.29. The van der Waals surface area contributed by atoms with Crippen molar-refractivity contribution in [1.29, 1.82) is 0 Å². The number of amides is 1. The summed E-state index contributed by atoms with van der Waals surface area (Å²) in [5, 5.41) is 5.15. The zero-order valence-electron chi connectivity index (χ0n) is 17.0. The van der Waals surface area contributed by atoms with Gasteiger partial charge in [0.15, 0.2) is 12.7 Å². The van der Waals surface area contributed by atoms with Crippen LogP contribution in [0.5, 0.6) is 5.75 Å². The van der Waals surface area contributed by atoms with Crippen LogP contribution in [-0.2, 0) is 20.7 Å². The van der Waals surface area contributed by atoms with Crippen molar-refractivity contribution in [3.63, 3.8) is 0 Å². The van der Waals surface area contributed by atoms with Gasteiger partial charge in [-0.25, -0.2) is 4.79 Å². The molecule has 3 aromatic rings. The minimum absolute atomic E-state index is 0.0440. The lowest BCUT2D eigenvalue weighted by Gasteiger charge is -2.27. The highest BCUT2D eigenvalue weighted by Crippen LogP contribution is 2.29. The molecule has 3 aromatic carbocycles. The van der Waals surface area contributed by atoms with Gasteiger partial charge in [0, 0.05) is 0 Å². The van der Waals surface area contributed by atoms with E-state index in [0.717, 1.165) is 35.6 Å². The molecule has 1 N–H and O–H groups in total. The molecule has 5 heteroatoms. The molecule has 0 spiro atoms. The summed E-state index contributed by atoms with van der Waals surface area (Å²) < 4.78 is 10.8. The quantitative estimate of drug-likeness (QED) is 0.622. The summed E-state index contributed by atoms with van der Waals surface area (Å²) in [4.78, 5) is 24.7. The van der Waals surface area contributed by atoms with E-state index in [0.29, 0.717) is 5.75 Å². The molecule has 30 heavy (non-hydrogen) atoms. The number of hydrogen-bond acceptors (Lipinski definition) is 4. The molecule has 0 saturated carbocycles. The Morgan fingerprint density at radius 2 is 1.80 bits per heavy atom. The third-order valence-electron chi connectivity index (χ3n) is 5.44. The average Bonchev–Trinajstić information content (AvgIpc) is 2.77. The van der Waals surface area contributed by atoms with E-state index in [4.69, 9.17) is 9.47 Å². The highest BCUT2D eigenvalue weighted by atomic mass is 16.6. The maximum absolute atomic E-state index is 12.5. The van der Waals surface area contributed by atoms with E-state index in [1.807, 2.05) is 60.7 Å². The number of rotatable bonds is 6. The molecule has 1 amide bonds. The maximum Gasteiger partial charge on any atom is 0.344 e. The van der Waals surface area contributed by atoms with Gasteiger partial charge in [-0.15, -0.1) is 0 Å². The van der Waals surface area contributed by atoms with Crippen molar-refractivity contribution >= 4 is 22.6 Å². The van der Waals surface area contributed by atoms with Gasteiger partial charge in [0.05, 0.1) is 6.04 Å². The largest absolute Gasteiger partial charge is 0.482 e. The SMILES string of the molecule is C[C@@H](OC(=O)COc1ccc2ccccc2c1)C(=O)N[C@H]1CCCc2ccccc21. The average molecular weight is 403 g/mol. The van der Waals surface area contributed by atoms with Crippen LogP contribution in [0.1, 0.15) is 36.9 Å². The molecule has 0 fully saturated rings. The van der Waals surface area contributed by atoms with Crippen LogP contribution in [0.15, 0.2) is 66.7 Å². The fourth-order valence-electron chi connectivity index (χ4n) is 3.88. The third-order valence-corrected chi connectivity index (χ3v) is 5.44. The second kappa shape index (κ2) is 8.99. The number of benzene rings is 3. The molecule has 0 radical (unpaired) electrons. The molecule has 0 aromatic heterocycles. The lowest BCUT2D eigenvalue weighted by molar-refractivity contribution is -0.156. The summed E-state index contributed by atoms with van der Waals surface area (Å²) in [6.07, 6.45) is 2.05. The summed E-state index contributed by atoms with van der Waals surface area (Å²) in [6, 6.07) is 21.6. The Hall–Kier alpha value is -3.34. The van der Waals surface area contributed by atoms with Crippen LogP contribution in [0.25, 0.3) is 10.8 Å². The Labute approximate surface area is 176 Å². The van der Waals surface area contributed by atoms with E-state index >= 15 is 0 Å². The van der Waals surface area contributed by atoms with Gasteiger partial charge in [-0.1, -0.05) is 54.6 Å². The molecule has 154 valence electrons. The molecule has 1 aliphatic carbocycles. The number of ether oxygens (including phenoxy) is 2. The van der Waals surface area contributed by atoms with Gasteiger partial charge in [-0.3, -0.25) is 4.79 Å². The van der Waals surface area contributed by atoms with E-state index in [1.54, 1.807) is 6.92 Å². The Bertz CT molecular complexity index is 1060. The monoisotopic (exact) mass is 403 g/mol. The molecule has 1 aliphatic rings. The smallest absolute Gasteiger partial charge is 0.344 e. The van der Waals surface area contributed by atoms with Crippen molar-refractivity contribution in [3.8, 4) is 5.75 Å². The topological polar surface area (TPSA) is 64.6 Å². The zero-order valence-corrected chi connectivity index (χ0v) is 17.0. The predicted octanol–water partition coefficient (Wildman–Crippen LogP) is 4.34. The Morgan fingerprint density at radius 3 is 2.67 bits per heavy atom. The third kappa shape index (κ3) is 4.62. The second-order valence-electron chi connectivity index (χ2n) is 7.58. The van der Waals surface area contributed by atoms with Gasteiger partial charge in [0.2, 0.25) is 0 Å². The second-order valence-corrected chi connectivity index (χ2v) is 7.58. The van der Waals surface area contributed by atoms with Crippen LogP contribution < -0.4 is 10.1 Å². The van der Waals surface area contributed by atoms with Crippen LogP contribution >= 0.6 is 0 Å². The standard InChI is InChI=1S/C25H25NO4/c1-17(25(28)26-23-12-6-10-19-8-4-5-11-22(19)23)30-24(27)16-29-21-14-13-18-7-2-3-9-20(18)15-21/h2-5,7-9,11,13-15,17,23H,6,10,12,16H2,1H3,(H,26,28)/t17-,23+/m1/s1. The minimum Gasteiger partial charge on any atom is -0.482 e. The van der Waals surface area contributed by atoms with Crippen molar-refractivity contribution < 1.29 is 19.1 Å². The number of carbonyl (C=O) groups excluding carboxylic acids is 2. The summed E-state index contributed by atoms with van der Waals surface area (Å²) in [6.45, 7) is 1.33. The number of hydrogen-bond donors (Lipinski definition) is 1. The van der Waals surface area contributed by atoms with E-state index in [1.165, 1.54) is 5.56 Å². The first kappa shape index (κ1) is 20.0. The van der Waals surface area contributed by atoms with Gasteiger partial charge in [0.1, 0.15) is 5.75 Å². The first-order valence-electron chi connectivity index (χ1n) is 10.3. The normalized spacial score (nSPS) is 16.4. The van der Waals surface area contributed by atoms with Crippen molar-refractivity contribution in [3.05, 3.63) is 77.9 Å². The molecule has 0 heterocycles. The van der Waals surface area contributed by atoms with E-state index < -0.39 is 12.1 Å². The molecule has 4 rings (SSSR count). The summed E-state index contributed by atoms with van der Waals surface area (Å²) in [5.41, 5.74) is 2.41. The van der Waals surface area contributed by atoms with Gasteiger partial charge in [0.25, 0.3) is 5.91 Å². The van der Waals surface area contributed by atoms with Gasteiger partial charge in [-0.05, 0) is 60.2 Å². The van der Waals surface area contributed by atoms with Gasteiger partial charge in [-0.2, -0.15) is 0 Å². The maximum atomic E-state index is 12.5. The van der Waals surface area contributed by atoms with Crippen LogP contribution in [0.3, 0.4) is 0 Å². The number of esters is 1. The van der Waals surface area contributed by atoms with E-state index in [-0.39, 0.29) is 18.6 Å². The number of carbonyl (C=O) groups is 2. The Kier molecular flexibility index (Phi) is 5.98. The molecular weight excluding hydrogens is 378 g/mol. The fourth-order valence-corrected chi connectivity index (χ4v) is 3.88. The molecule has 0 saturated heterocycles. The molecule has 2 atom stereocenters. The van der Waals surface area contributed by atoms with Crippen LogP contribution in [0, 0.1) is 0 Å². The Morgan fingerprint density at radius 1 is 1.03 bits per heavy atom. The van der Waals surface area contributed by atoms with E-state index in [2.05, 4.69) is 11.4 Å². The highest BCUT2D eigenvalue weighted by Gasteiger charge is 2.25. The zero-order chi connectivity index (χ0) is 20.9. The van der Waals surface area contributed by atoms with Crippen LogP contribution in [-0.4, -0.2) is 24.6 Å². The first-order valence-corrected chi connectivity index (χ1v) is 10.3. The summed E-state index contributed by atoms with van der Waals surface area (Å²) in [5.74, 6) is -0.285. The van der Waals surface area contributed by atoms with Crippen LogP contribution in [0.2, 0.25) is 0 Å². The number of aryl methyl sites for hydroxylation is 1. The minimum atomic E-state index is -0.883. The lowest BCUT2D eigenvalue weighted by atomic mass is 9.87. The van der Waals surface area contributed by atoms with Crippen molar-refractivity contribution in [2.75, 3.05) is 6.61 Å². The van der Waals surface area contributed by atoms with E-state index in [9.17, 15) is 9.59 Å². The van der Waals surface area contributed by atoms with Crippen LogP contribution in [0.4, 0.5) is 0 Å². The number of fused-ring (bicyclic) bond motifs is 2. The van der Waals surface area contributed by atoms with Crippen molar-refractivity contribution in [2.24, 2.45) is 0 Å². The molecule has 0 unspecified atom stereocenters. The first-order chi connectivity index (χ1) is 14.6. The van der Waals surface area contributed by atoms with Crippen molar-refractivity contribution in [2.45, 2.75) is 38.3 Å². The van der Waals surface area contributed by atoms with Gasteiger partial charge >= 0.3 is 5.97 Å². The predicted molar refractivity (Wildman–Crippen MR) is 115 cm³/mol. The molecule has 5 nitrogen and oxygen atoms in total. The summed E-state index contributed by atoms with van der Waals surface area (Å²) >= 11 is 0. The van der Waals surface area contributed by atoms with Crippen molar-refractivity contribution in [1.82, 2.24) is 5.32 Å². The molecular formula is C25H25NO4.